The standard InChI is InChI=1S/C21H33N3O/c1-19(21(25)24-12-7-2-3-8-13-24)23-17-15-22(16-18-23)14-11-20-9-5-4-6-10-20/h4-6,9-10,19H,2-3,7-8,11-18H2,1H3. The lowest BCUT2D eigenvalue weighted by atomic mass is 10.1. The molecule has 0 aromatic heterocycles. The maximum absolute atomic E-state index is 12.8. The molecular formula is C21H33N3O. The average molecular weight is 344 g/mol. The highest BCUT2D eigenvalue weighted by atomic mass is 16.2. The lowest BCUT2D eigenvalue weighted by molar-refractivity contribution is -0.137. The zero-order valence-electron chi connectivity index (χ0n) is 15.7. The molecule has 1 amide bonds. The van der Waals surface area contributed by atoms with Crippen LogP contribution in [0, 0.1) is 0 Å². The number of amides is 1. The van der Waals surface area contributed by atoms with Crippen LogP contribution in [0.2, 0.25) is 0 Å². The van der Waals surface area contributed by atoms with Gasteiger partial charge in [-0.3, -0.25) is 9.69 Å². The fraction of sp³-hybridized carbons (Fsp3) is 0.667. The van der Waals surface area contributed by atoms with Crippen LogP contribution in [0.4, 0.5) is 0 Å². The summed E-state index contributed by atoms with van der Waals surface area (Å²) >= 11 is 0. The molecule has 1 aromatic rings. The van der Waals surface area contributed by atoms with Crippen LogP contribution < -0.4 is 0 Å². The summed E-state index contributed by atoms with van der Waals surface area (Å²) in [6.45, 7) is 9.31. The summed E-state index contributed by atoms with van der Waals surface area (Å²) in [4.78, 5) is 19.8. The number of nitrogens with zero attached hydrogens (tertiary/aromatic N) is 3. The first-order chi connectivity index (χ1) is 12.2. The largest absolute Gasteiger partial charge is 0.341 e. The predicted octanol–water partition coefficient (Wildman–Crippen LogP) is 2.64. The van der Waals surface area contributed by atoms with Gasteiger partial charge < -0.3 is 9.80 Å². The lowest BCUT2D eigenvalue weighted by Gasteiger charge is -2.39. The number of piperazine rings is 1. The van der Waals surface area contributed by atoms with Gasteiger partial charge in [-0.1, -0.05) is 43.2 Å². The molecule has 2 aliphatic rings. The van der Waals surface area contributed by atoms with E-state index >= 15 is 0 Å². The van der Waals surface area contributed by atoms with Crippen LogP contribution >= 0.6 is 0 Å². The summed E-state index contributed by atoms with van der Waals surface area (Å²) in [7, 11) is 0. The Morgan fingerprint density at radius 2 is 1.56 bits per heavy atom. The first kappa shape index (κ1) is 18.4. The molecule has 0 N–H and O–H groups in total. The highest BCUT2D eigenvalue weighted by Crippen LogP contribution is 2.14. The average Bonchev–Trinajstić information content (AvgIpc) is 2.96. The molecule has 0 radical (unpaired) electrons. The van der Waals surface area contributed by atoms with E-state index in [4.69, 9.17) is 0 Å². The molecule has 0 bridgehead atoms. The molecule has 0 aliphatic carbocycles. The van der Waals surface area contributed by atoms with Crippen molar-refractivity contribution in [2.45, 2.75) is 45.1 Å². The summed E-state index contributed by atoms with van der Waals surface area (Å²) in [6.07, 6.45) is 6.01. The summed E-state index contributed by atoms with van der Waals surface area (Å²) in [6, 6.07) is 10.8. The number of carbonyl (C=O) groups excluding carboxylic acids is 1. The molecule has 2 saturated heterocycles. The number of likely N-dealkylation sites (tertiary alicyclic amines) is 1. The Balaban J connectivity index is 1.42. The fourth-order valence-corrected chi connectivity index (χ4v) is 4.02. The number of hydrogen-bond acceptors (Lipinski definition) is 3. The van der Waals surface area contributed by atoms with Crippen LogP contribution in [0.3, 0.4) is 0 Å². The number of hydrogen-bond donors (Lipinski definition) is 0. The number of carbonyl (C=O) groups is 1. The molecule has 25 heavy (non-hydrogen) atoms. The zero-order valence-corrected chi connectivity index (χ0v) is 15.7. The van der Waals surface area contributed by atoms with Gasteiger partial charge in [0.2, 0.25) is 5.91 Å². The van der Waals surface area contributed by atoms with E-state index in [-0.39, 0.29) is 6.04 Å². The molecule has 138 valence electrons. The van der Waals surface area contributed by atoms with Gasteiger partial charge in [-0.2, -0.15) is 0 Å². The summed E-state index contributed by atoms with van der Waals surface area (Å²) in [5.41, 5.74) is 1.41. The van der Waals surface area contributed by atoms with Crippen molar-refractivity contribution < 1.29 is 4.79 Å². The second-order valence-corrected chi connectivity index (χ2v) is 7.53. The van der Waals surface area contributed by atoms with Crippen molar-refractivity contribution in [3.8, 4) is 0 Å². The third-order valence-electron chi connectivity index (χ3n) is 5.79. The molecule has 1 unspecified atom stereocenters. The Bertz CT molecular complexity index is 517. The van der Waals surface area contributed by atoms with Gasteiger partial charge in [-0.15, -0.1) is 0 Å². The minimum atomic E-state index is 0.0365. The normalized spacial score (nSPS) is 21.7. The van der Waals surface area contributed by atoms with E-state index in [2.05, 4.69) is 52.0 Å². The van der Waals surface area contributed by atoms with Gasteiger partial charge in [0.25, 0.3) is 0 Å². The minimum Gasteiger partial charge on any atom is -0.341 e. The Morgan fingerprint density at radius 3 is 2.20 bits per heavy atom. The molecule has 1 atom stereocenters. The Hall–Kier alpha value is -1.39. The van der Waals surface area contributed by atoms with Crippen LogP contribution in [-0.2, 0) is 11.2 Å². The van der Waals surface area contributed by atoms with Crippen molar-refractivity contribution >= 4 is 5.91 Å². The molecule has 2 heterocycles. The number of benzene rings is 1. The predicted molar refractivity (Wildman–Crippen MR) is 103 cm³/mol. The van der Waals surface area contributed by atoms with Crippen LogP contribution in [0.1, 0.15) is 38.2 Å². The maximum atomic E-state index is 12.8. The summed E-state index contributed by atoms with van der Waals surface area (Å²) in [5, 5.41) is 0. The van der Waals surface area contributed by atoms with Crippen molar-refractivity contribution in [3.63, 3.8) is 0 Å². The van der Waals surface area contributed by atoms with Crippen LogP contribution in [0.5, 0.6) is 0 Å². The van der Waals surface area contributed by atoms with Gasteiger partial charge >= 0.3 is 0 Å². The summed E-state index contributed by atoms with van der Waals surface area (Å²) in [5.74, 6) is 0.347. The molecule has 0 saturated carbocycles. The Kier molecular flexibility index (Phi) is 6.88. The Morgan fingerprint density at radius 1 is 0.920 bits per heavy atom. The minimum absolute atomic E-state index is 0.0365. The van der Waals surface area contributed by atoms with Crippen molar-refractivity contribution in [1.82, 2.24) is 14.7 Å². The zero-order chi connectivity index (χ0) is 17.5. The highest BCUT2D eigenvalue weighted by molar-refractivity contribution is 5.81. The molecule has 4 heteroatoms. The van der Waals surface area contributed by atoms with Crippen LogP contribution in [0.25, 0.3) is 0 Å². The second-order valence-electron chi connectivity index (χ2n) is 7.53. The molecule has 1 aromatic carbocycles. The van der Waals surface area contributed by atoms with Gasteiger partial charge in [0.1, 0.15) is 0 Å². The first-order valence-corrected chi connectivity index (χ1v) is 10.0. The van der Waals surface area contributed by atoms with E-state index < -0.39 is 0 Å². The molecular weight excluding hydrogens is 310 g/mol. The summed E-state index contributed by atoms with van der Waals surface area (Å²) < 4.78 is 0. The quantitative estimate of drug-likeness (QED) is 0.822. The van der Waals surface area contributed by atoms with Gasteiger partial charge in [0.05, 0.1) is 6.04 Å². The first-order valence-electron chi connectivity index (χ1n) is 10.0. The van der Waals surface area contributed by atoms with E-state index in [0.717, 1.165) is 52.2 Å². The van der Waals surface area contributed by atoms with Gasteiger partial charge in [0, 0.05) is 45.8 Å². The van der Waals surface area contributed by atoms with E-state index in [9.17, 15) is 4.79 Å². The Labute approximate surface area is 152 Å². The maximum Gasteiger partial charge on any atom is 0.239 e. The monoisotopic (exact) mass is 343 g/mol. The van der Waals surface area contributed by atoms with E-state index in [1.807, 2.05) is 0 Å². The highest BCUT2D eigenvalue weighted by Gasteiger charge is 2.28. The van der Waals surface area contributed by atoms with Crippen molar-refractivity contribution in [3.05, 3.63) is 35.9 Å². The van der Waals surface area contributed by atoms with E-state index in [0.29, 0.717) is 5.91 Å². The van der Waals surface area contributed by atoms with Gasteiger partial charge in [0.15, 0.2) is 0 Å². The van der Waals surface area contributed by atoms with Crippen molar-refractivity contribution in [1.29, 1.82) is 0 Å². The topological polar surface area (TPSA) is 26.8 Å². The fourth-order valence-electron chi connectivity index (χ4n) is 4.02. The molecule has 2 fully saturated rings. The lowest BCUT2D eigenvalue weighted by Crippen LogP contribution is -2.54. The third kappa shape index (κ3) is 5.29. The third-order valence-corrected chi connectivity index (χ3v) is 5.79. The van der Waals surface area contributed by atoms with Crippen LogP contribution in [-0.4, -0.2) is 72.5 Å². The van der Waals surface area contributed by atoms with Gasteiger partial charge in [-0.05, 0) is 31.7 Å². The van der Waals surface area contributed by atoms with E-state index in [1.54, 1.807) is 0 Å². The smallest absolute Gasteiger partial charge is 0.239 e. The molecule has 3 rings (SSSR count). The second kappa shape index (κ2) is 9.35. The van der Waals surface area contributed by atoms with Crippen molar-refractivity contribution in [2.75, 3.05) is 45.8 Å². The number of rotatable bonds is 5. The van der Waals surface area contributed by atoms with E-state index in [1.165, 1.54) is 31.2 Å². The van der Waals surface area contributed by atoms with Crippen molar-refractivity contribution in [2.24, 2.45) is 0 Å². The van der Waals surface area contributed by atoms with Crippen LogP contribution in [0.15, 0.2) is 30.3 Å². The van der Waals surface area contributed by atoms with Gasteiger partial charge in [-0.25, -0.2) is 0 Å². The molecule has 0 spiro atoms. The molecule has 4 nitrogen and oxygen atoms in total. The molecule has 2 aliphatic heterocycles. The SMILES string of the molecule is CC(C(=O)N1CCCCCC1)N1CCN(CCc2ccccc2)CC1.